The summed E-state index contributed by atoms with van der Waals surface area (Å²) >= 11 is 4.90. The first-order chi connectivity index (χ1) is 9.30. The van der Waals surface area contributed by atoms with Gasteiger partial charge in [0.25, 0.3) is 0 Å². The third kappa shape index (κ3) is 2.86. The van der Waals surface area contributed by atoms with E-state index in [1.54, 1.807) is 13.8 Å². The molecule has 1 aliphatic rings. The third-order valence-corrected chi connectivity index (χ3v) is 3.78. The zero-order valence-corrected chi connectivity index (χ0v) is 12.3. The number of nitrogens with zero attached hydrogens (tertiary/aromatic N) is 1. The van der Waals surface area contributed by atoms with Crippen molar-refractivity contribution < 1.29 is 9.59 Å². The van der Waals surface area contributed by atoms with Crippen LogP contribution >= 0.6 is 12.2 Å². The monoisotopic (exact) mass is 291 g/mol. The molecule has 0 aliphatic carbocycles. The Labute approximate surface area is 123 Å². The van der Waals surface area contributed by atoms with Gasteiger partial charge in [-0.1, -0.05) is 36.5 Å². The zero-order valence-electron chi connectivity index (χ0n) is 11.5. The van der Waals surface area contributed by atoms with Crippen molar-refractivity contribution in [3.63, 3.8) is 0 Å². The third-order valence-electron chi connectivity index (χ3n) is 3.55. The zero-order chi connectivity index (χ0) is 14.9. The van der Waals surface area contributed by atoms with Crippen LogP contribution in [-0.2, 0) is 16.1 Å². The second-order valence-corrected chi connectivity index (χ2v) is 5.79. The Hall–Kier alpha value is -1.79. The van der Waals surface area contributed by atoms with Crippen molar-refractivity contribution in [2.45, 2.75) is 25.9 Å². The van der Waals surface area contributed by atoms with E-state index < -0.39 is 5.54 Å². The maximum atomic E-state index is 11.9. The number of rotatable bonds is 3. The van der Waals surface area contributed by atoms with E-state index in [1.165, 1.54) is 0 Å². The molecule has 1 aliphatic heterocycles. The highest BCUT2D eigenvalue weighted by atomic mass is 32.1. The van der Waals surface area contributed by atoms with E-state index >= 15 is 0 Å². The van der Waals surface area contributed by atoms with Crippen molar-refractivity contribution in [3.05, 3.63) is 35.4 Å². The molecule has 2 amide bonds. The molecule has 1 heterocycles. The van der Waals surface area contributed by atoms with Crippen LogP contribution in [0.3, 0.4) is 0 Å². The molecule has 0 saturated carbocycles. The lowest BCUT2D eigenvalue weighted by Crippen LogP contribution is -2.63. The van der Waals surface area contributed by atoms with Gasteiger partial charge in [-0.2, -0.15) is 0 Å². The van der Waals surface area contributed by atoms with Gasteiger partial charge < -0.3 is 5.73 Å². The van der Waals surface area contributed by atoms with Crippen LogP contribution in [0, 0.1) is 0 Å². The van der Waals surface area contributed by atoms with Gasteiger partial charge in [-0.15, -0.1) is 0 Å². The van der Waals surface area contributed by atoms with Crippen molar-refractivity contribution in [3.8, 4) is 0 Å². The van der Waals surface area contributed by atoms with Gasteiger partial charge in [0, 0.05) is 12.1 Å². The molecule has 2 rings (SSSR count). The smallest absolute Gasteiger partial charge is 0.246 e. The maximum absolute atomic E-state index is 11.9. The number of hydrogen-bond acceptors (Lipinski definition) is 4. The molecule has 1 saturated heterocycles. The second kappa shape index (κ2) is 5.30. The molecular weight excluding hydrogens is 274 g/mol. The highest BCUT2D eigenvalue weighted by Crippen LogP contribution is 2.21. The molecule has 5 nitrogen and oxygen atoms in total. The fourth-order valence-corrected chi connectivity index (χ4v) is 2.22. The van der Waals surface area contributed by atoms with Crippen LogP contribution in [0.25, 0.3) is 0 Å². The first-order valence-electron chi connectivity index (χ1n) is 6.29. The van der Waals surface area contributed by atoms with Crippen LogP contribution < -0.4 is 11.1 Å². The van der Waals surface area contributed by atoms with Gasteiger partial charge in [0.1, 0.15) is 4.99 Å². The van der Waals surface area contributed by atoms with Crippen LogP contribution in [0.1, 0.15) is 25.0 Å². The number of amides is 2. The Morgan fingerprint density at radius 3 is 2.50 bits per heavy atom. The summed E-state index contributed by atoms with van der Waals surface area (Å²) in [6.07, 6.45) is 0. The summed E-state index contributed by atoms with van der Waals surface area (Å²) < 4.78 is 0. The van der Waals surface area contributed by atoms with E-state index in [0.29, 0.717) is 11.5 Å². The van der Waals surface area contributed by atoms with Crippen molar-refractivity contribution >= 4 is 29.0 Å². The lowest BCUT2D eigenvalue weighted by molar-refractivity contribution is -0.145. The molecule has 1 fully saturated rings. The van der Waals surface area contributed by atoms with Crippen molar-refractivity contribution in [1.29, 1.82) is 0 Å². The quantitative estimate of drug-likeness (QED) is 0.628. The molecule has 6 heteroatoms. The summed E-state index contributed by atoms with van der Waals surface area (Å²) in [4.78, 5) is 25.6. The molecule has 0 atom stereocenters. The van der Waals surface area contributed by atoms with Gasteiger partial charge >= 0.3 is 0 Å². The topological polar surface area (TPSA) is 75.4 Å². The van der Waals surface area contributed by atoms with Crippen molar-refractivity contribution in [1.82, 2.24) is 10.2 Å². The van der Waals surface area contributed by atoms with E-state index in [2.05, 4.69) is 5.32 Å². The second-order valence-electron chi connectivity index (χ2n) is 5.35. The molecule has 1 aromatic rings. The lowest BCUT2D eigenvalue weighted by Gasteiger charge is -2.40. The number of nitrogens with one attached hydrogen (secondary N) is 1. The number of carbonyl (C=O) groups excluding carboxylic acids is 2. The van der Waals surface area contributed by atoms with Crippen LogP contribution in [0.4, 0.5) is 0 Å². The number of nitrogens with two attached hydrogens (primary N) is 1. The van der Waals surface area contributed by atoms with Gasteiger partial charge in [0.2, 0.25) is 11.8 Å². The predicted molar refractivity (Wildman–Crippen MR) is 80.0 cm³/mol. The first kappa shape index (κ1) is 14.6. The molecule has 1 aromatic carbocycles. The highest BCUT2D eigenvalue weighted by Gasteiger charge is 2.40. The van der Waals surface area contributed by atoms with Crippen molar-refractivity contribution in [2.24, 2.45) is 5.73 Å². The van der Waals surface area contributed by atoms with Gasteiger partial charge in [-0.25, -0.2) is 0 Å². The maximum Gasteiger partial charge on any atom is 0.246 e. The Morgan fingerprint density at radius 2 is 1.95 bits per heavy atom. The number of benzene rings is 1. The van der Waals surface area contributed by atoms with E-state index in [9.17, 15) is 9.59 Å². The molecule has 0 spiro atoms. The number of hydrogen-bond donors (Lipinski definition) is 2. The van der Waals surface area contributed by atoms with Gasteiger partial charge in [0.05, 0.1) is 12.1 Å². The molecule has 20 heavy (non-hydrogen) atoms. The van der Waals surface area contributed by atoms with Gasteiger partial charge in [-0.05, 0) is 19.4 Å². The Balaban J connectivity index is 2.17. The van der Waals surface area contributed by atoms with Crippen LogP contribution in [0.15, 0.2) is 24.3 Å². The summed E-state index contributed by atoms with van der Waals surface area (Å²) in [5.41, 5.74) is 6.64. The normalized spacial score (nSPS) is 18.7. The van der Waals surface area contributed by atoms with E-state index in [4.69, 9.17) is 18.0 Å². The highest BCUT2D eigenvalue weighted by molar-refractivity contribution is 7.80. The molecule has 0 radical (unpaired) electrons. The number of thiocarbonyl (C=S) groups is 1. The summed E-state index contributed by atoms with van der Waals surface area (Å²) in [7, 11) is 0. The average molecular weight is 291 g/mol. The standard InChI is InChI=1S/C14H17N3O2S/c1-14(2)13(19)16-11(18)8-17(14)7-9-3-5-10(6-4-9)12(15)20/h3-6H,7-8H2,1-2H3,(H2,15,20)(H,16,18,19). The molecule has 3 N–H and O–H groups in total. The summed E-state index contributed by atoms with van der Waals surface area (Å²) in [5.74, 6) is -0.539. The molecule has 0 unspecified atom stereocenters. The molecule has 0 aromatic heterocycles. The minimum atomic E-state index is -0.713. The Bertz CT molecular complexity index is 566. The minimum Gasteiger partial charge on any atom is -0.389 e. The average Bonchev–Trinajstić information content (AvgIpc) is 2.36. The molecule has 106 valence electrons. The largest absolute Gasteiger partial charge is 0.389 e. The van der Waals surface area contributed by atoms with Crippen LogP contribution in [-0.4, -0.2) is 33.8 Å². The SMILES string of the molecule is CC1(C)C(=O)NC(=O)CN1Cc1ccc(C(N)=S)cc1. The van der Waals surface area contributed by atoms with Gasteiger partial charge in [0.15, 0.2) is 0 Å². The number of piperazine rings is 1. The summed E-state index contributed by atoms with van der Waals surface area (Å²) in [5, 5.41) is 2.36. The molecule has 0 bridgehead atoms. The minimum absolute atomic E-state index is 0.204. The summed E-state index contributed by atoms with van der Waals surface area (Å²) in [6.45, 7) is 4.33. The summed E-state index contributed by atoms with van der Waals surface area (Å²) in [6, 6.07) is 7.50. The van der Waals surface area contributed by atoms with Crippen molar-refractivity contribution in [2.75, 3.05) is 6.54 Å². The van der Waals surface area contributed by atoms with Crippen LogP contribution in [0.2, 0.25) is 0 Å². The lowest BCUT2D eigenvalue weighted by atomic mass is 9.97. The fraction of sp³-hybridized carbons (Fsp3) is 0.357. The predicted octanol–water partition coefficient (Wildman–Crippen LogP) is 0.558. The van der Waals surface area contributed by atoms with E-state index in [1.807, 2.05) is 29.2 Å². The fourth-order valence-electron chi connectivity index (χ4n) is 2.08. The van der Waals surface area contributed by atoms with E-state index in [-0.39, 0.29) is 18.4 Å². The number of imide groups is 1. The Morgan fingerprint density at radius 1 is 1.35 bits per heavy atom. The number of carbonyl (C=O) groups is 2. The Kier molecular flexibility index (Phi) is 3.87. The van der Waals surface area contributed by atoms with Crippen LogP contribution in [0.5, 0.6) is 0 Å². The van der Waals surface area contributed by atoms with E-state index in [0.717, 1.165) is 11.1 Å². The van der Waals surface area contributed by atoms with Gasteiger partial charge in [-0.3, -0.25) is 19.8 Å². The first-order valence-corrected chi connectivity index (χ1v) is 6.69. The molecular formula is C14H17N3O2S.